The van der Waals surface area contributed by atoms with Gasteiger partial charge in [-0.15, -0.1) is 0 Å². The zero-order chi connectivity index (χ0) is 13.5. The minimum absolute atomic E-state index is 0.0178. The van der Waals surface area contributed by atoms with Gasteiger partial charge in [0.25, 0.3) is 0 Å². The number of phenolic OH excluding ortho intramolecular Hbond substituents is 1. The van der Waals surface area contributed by atoms with Gasteiger partial charge in [0.05, 0.1) is 11.6 Å². The van der Waals surface area contributed by atoms with Gasteiger partial charge in [0.1, 0.15) is 5.75 Å². The number of nitrogens with one attached hydrogen (secondary N) is 1. The van der Waals surface area contributed by atoms with Crippen LogP contribution in [0.1, 0.15) is 19.4 Å². The maximum atomic E-state index is 11.5. The van der Waals surface area contributed by atoms with Gasteiger partial charge in [-0.3, -0.25) is 9.69 Å². The Morgan fingerprint density at radius 3 is 2.72 bits per heavy atom. The lowest BCUT2D eigenvalue weighted by molar-refractivity contribution is -0.122. The molecule has 0 fully saturated rings. The van der Waals surface area contributed by atoms with E-state index in [-0.39, 0.29) is 11.7 Å². The molecule has 0 heterocycles. The third-order valence-corrected chi connectivity index (χ3v) is 2.91. The lowest BCUT2D eigenvalue weighted by Crippen LogP contribution is -2.36. The lowest BCUT2D eigenvalue weighted by atomic mass is 10.2. The number of rotatable bonds is 6. The largest absolute Gasteiger partial charge is 0.506 e. The van der Waals surface area contributed by atoms with Gasteiger partial charge in [0.15, 0.2) is 0 Å². The van der Waals surface area contributed by atoms with Crippen molar-refractivity contribution >= 4 is 17.5 Å². The molecule has 0 bridgehead atoms. The van der Waals surface area contributed by atoms with Crippen molar-refractivity contribution < 1.29 is 9.90 Å². The predicted molar refractivity (Wildman–Crippen MR) is 72.8 cm³/mol. The first-order valence-corrected chi connectivity index (χ1v) is 6.41. The van der Waals surface area contributed by atoms with Crippen LogP contribution in [0.25, 0.3) is 0 Å². The number of nitrogens with zero attached hydrogens (tertiary/aromatic N) is 1. The molecule has 1 amide bonds. The Bertz CT molecular complexity index is 410. The van der Waals surface area contributed by atoms with Crippen LogP contribution in [0.2, 0.25) is 5.02 Å². The summed E-state index contributed by atoms with van der Waals surface area (Å²) in [5.41, 5.74) is 0.976. The van der Waals surface area contributed by atoms with Crippen LogP contribution >= 0.6 is 11.6 Å². The molecule has 0 saturated heterocycles. The van der Waals surface area contributed by atoms with E-state index in [0.717, 1.165) is 12.1 Å². The van der Waals surface area contributed by atoms with E-state index in [1.54, 1.807) is 12.1 Å². The molecule has 1 aromatic rings. The summed E-state index contributed by atoms with van der Waals surface area (Å²) in [4.78, 5) is 13.5. The zero-order valence-corrected chi connectivity index (χ0v) is 11.5. The maximum Gasteiger partial charge on any atom is 0.234 e. The highest BCUT2D eigenvalue weighted by atomic mass is 35.5. The standard InChI is InChI=1S/C13H19ClN2O2/c1-3-15-13(18)9-16(4-2)8-10-5-6-12(17)11(14)7-10/h5-7,17H,3-4,8-9H2,1-2H3,(H,15,18). The minimum Gasteiger partial charge on any atom is -0.506 e. The summed E-state index contributed by atoms with van der Waals surface area (Å²) >= 11 is 5.85. The smallest absolute Gasteiger partial charge is 0.234 e. The number of hydrogen-bond acceptors (Lipinski definition) is 3. The summed E-state index contributed by atoms with van der Waals surface area (Å²) < 4.78 is 0. The third-order valence-electron chi connectivity index (χ3n) is 2.61. The molecule has 18 heavy (non-hydrogen) atoms. The fraction of sp³-hybridized carbons (Fsp3) is 0.462. The molecular weight excluding hydrogens is 252 g/mol. The van der Waals surface area contributed by atoms with Crippen LogP contribution in [0, 0.1) is 0 Å². The van der Waals surface area contributed by atoms with E-state index in [1.807, 2.05) is 24.8 Å². The minimum atomic E-state index is 0.0178. The molecular formula is C13H19ClN2O2. The molecule has 0 spiro atoms. The van der Waals surface area contributed by atoms with Crippen molar-refractivity contribution in [2.75, 3.05) is 19.6 Å². The van der Waals surface area contributed by atoms with Crippen LogP contribution in [-0.2, 0) is 11.3 Å². The Balaban J connectivity index is 2.62. The number of amides is 1. The predicted octanol–water partition coefficient (Wildman–Crippen LogP) is 2.00. The zero-order valence-electron chi connectivity index (χ0n) is 10.7. The number of benzene rings is 1. The highest BCUT2D eigenvalue weighted by molar-refractivity contribution is 6.32. The lowest BCUT2D eigenvalue weighted by Gasteiger charge is -2.19. The van der Waals surface area contributed by atoms with Crippen molar-refractivity contribution in [1.29, 1.82) is 0 Å². The molecule has 5 heteroatoms. The summed E-state index contributed by atoms with van der Waals surface area (Å²) in [5.74, 6) is 0.0939. The summed E-state index contributed by atoms with van der Waals surface area (Å²) in [6, 6.07) is 5.09. The van der Waals surface area contributed by atoms with E-state index >= 15 is 0 Å². The normalized spacial score (nSPS) is 10.7. The highest BCUT2D eigenvalue weighted by Crippen LogP contribution is 2.24. The molecule has 4 nitrogen and oxygen atoms in total. The van der Waals surface area contributed by atoms with Gasteiger partial charge in [-0.1, -0.05) is 24.6 Å². The molecule has 0 aliphatic carbocycles. The molecule has 0 radical (unpaired) electrons. The van der Waals surface area contributed by atoms with Gasteiger partial charge in [-0.2, -0.15) is 0 Å². The topological polar surface area (TPSA) is 52.6 Å². The monoisotopic (exact) mass is 270 g/mol. The number of hydrogen-bond donors (Lipinski definition) is 2. The van der Waals surface area contributed by atoms with Crippen molar-refractivity contribution in [2.45, 2.75) is 20.4 Å². The fourth-order valence-electron chi connectivity index (χ4n) is 1.64. The van der Waals surface area contributed by atoms with Crippen LogP contribution < -0.4 is 5.32 Å². The molecule has 0 unspecified atom stereocenters. The number of aromatic hydroxyl groups is 1. The Kier molecular flexibility index (Phi) is 5.95. The number of phenols is 1. The average molecular weight is 271 g/mol. The van der Waals surface area contributed by atoms with Gasteiger partial charge in [0.2, 0.25) is 5.91 Å². The molecule has 0 aliphatic heterocycles. The second kappa shape index (κ2) is 7.24. The second-order valence-electron chi connectivity index (χ2n) is 4.04. The summed E-state index contributed by atoms with van der Waals surface area (Å²) in [6.45, 7) is 6.31. The van der Waals surface area contributed by atoms with Crippen molar-refractivity contribution in [2.24, 2.45) is 0 Å². The Labute approximate surface area is 113 Å². The van der Waals surface area contributed by atoms with Crippen LogP contribution in [0.5, 0.6) is 5.75 Å². The van der Waals surface area contributed by atoms with Crippen LogP contribution in [0.3, 0.4) is 0 Å². The average Bonchev–Trinajstić information content (AvgIpc) is 2.33. The van der Waals surface area contributed by atoms with Gasteiger partial charge in [-0.05, 0) is 31.2 Å². The van der Waals surface area contributed by atoms with E-state index in [1.165, 1.54) is 0 Å². The van der Waals surface area contributed by atoms with Crippen LogP contribution in [0.4, 0.5) is 0 Å². The first kappa shape index (κ1) is 14.8. The van der Waals surface area contributed by atoms with Crippen LogP contribution in [0.15, 0.2) is 18.2 Å². The molecule has 0 atom stereocenters. The quantitative estimate of drug-likeness (QED) is 0.831. The van der Waals surface area contributed by atoms with E-state index in [2.05, 4.69) is 5.32 Å². The fourth-order valence-corrected chi connectivity index (χ4v) is 1.85. The molecule has 0 aromatic heterocycles. The van der Waals surface area contributed by atoms with E-state index in [0.29, 0.717) is 24.7 Å². The van der Waals surface area contributed by atoms with Gasteiger partial charge < -0.3 is 10.4 Å². The van der Waals surface area contributed by atoms with E-state index in [4.69, 9.17) is 11.6 Å². The van der Waals surface area contributed by atoms with Gasteiger partial charge >= 0.3 is 0 Å². The maximum absolute atomic E-state index is 11.5. The molecule has 1 rings (SSSR count). The number of halogens is 1. The van der Waals surface area contributed by atoms with E-state index in [9.17, 15) is 9.90 Å². The molecule has 0 saturated carbocycles. The van der Waals surface area contributed by atoms with Crippen LogP contribution in [-0.4, -0.2) is 35.5 Å². The van der Waals surface area contributed by atoms with Gasteiger partial charge in [-0.25, -0.2) is 0 Å². The Hall–Kier alpha value is -1.26. The van der Waals surface area contributed by atoms with Crippen molar-refractivity contribution in [3.05, 3.63) is 28.8 Å². The Morgan fingerprint density at radius 1 is 1.44 bits per heavy atom. The summed E-state index contributed by atoms with van der Waals surface area (Å²) in [5, 5.41) is 12.4. The number of carbonyl (C=O) groups is 1. The number of likely N-dealkylation sites (N-methyl/N-ethyl adjacent to an activating group) is 2. The third kappa shape index (κ3) is 4.55. The van der Waals surface area contributed by atoms with Crippen molar-refractivity contribution in [1.82, 2.24) is 10.2 Å². The Morgan fingerprint density at radius 2 is 2.17 bits per heavy atom. The summed E-state index contributed by atoms with van der Waals surface area (Å²) in [6.07, 6.45) is 0. The second-order valence-corrected chi connectivity index (χ2v) is 4.45. The highest BCUT2D eigenvalue weighted by Gasteiger charge is 2.09. The molecule has 2 N–H and O–H groups in total. The molecule has 1 aromatic carbocycles. The number of carbonyl (C=O) groups excluding carboxylic acids is 1. The van der Waals surface area contributed by atoms with Gasteiger partial charge in [0, 0.05) is 13.1 Å². The first-order valence-electron chi connectivity index (χ1n) is 6.03. The summed E-state index contributed by atoms with van der Waals surface area (Å²) in [7, 11) is 0. The first-order chi connectivity index (χ1) is 8.56. The molecule has 0 aliphatic rings. The SMILES string of the molecule is CCNC(=O)CN(CC)Cc1ccc(O)c(Cl)c1. The van der Waals surface area contributed by atoms with E-state index < -0.39 is 0 Å². The van der Waals surface area contributed by atoms with Crippen molar-refractivity contribution in [3.63, 3.8) is 0 Å². The molecule has 100 valence electrons. The van der Waals surface area contributed by atoms with Crippen molar-refractivity contribution in [3.8, 4) is 5.75 Å².